The van der Waals surface area contributed by atoms with E-state index >= 15 is 0 Å². The molecule has 0 spiro atoms. The summed E-state index contributed by atoms with van der Waals surface area (Å²) in [5.41, 5.74) is 0.796. The average Bonchev–Trinajstić information content (AvgIpc) is 2.40. The molecule has 2 aromatic rings. The van der Waals surface area contributed by atoms with Crippen molar-refractivity contribution in [2.24, 2.45) is 0 Å². The number of benzene rings is 1. The topological polar surface area (TPSA) is 62.7 Å². The van der Waals surface area contributed by atoms with E-state index in [2.05, 4.69) is 48.4 Å². The van der Waals surface area contributed by atoms with Crippen LogP contribution in [0.15, 0.2) is 22.7 Å². The van der Waals surface area contributed by atoms with E-state index in [0.717, 1.165) is 23.1 Å². The van der Waals surface area contributed by atoms with Gasteiger partial charge in [0, 0.05) is 16.7 Å². The molecule has 0 unspecified atom stereocenters. The van der Waals surface area contributed by atoms with E-state index in [-0.39, 0.29) is 5.28 Å². The van der Waals surface area contributed by atoms with Crippen molar-refractivity contribution in [3.05, 3.63) is 33.0 Å². The summed E-state index contributed by atoms with van der Waals surface area (Å²) in [7, 11) is 0. The van der Waals surface area contributed by atoms with Gasteiger partial charge in [-0.15, -0.1) is 0 Å². The lowest BCUT2D eigenvalue weighted by atomic mass is 10.3. The predicted octanol–water partition coefficient (Wildman–Crippen LogP) is 4.51. The number of nitrogens with one attached hydrogen (secondary N) is 2. The standard InChI is InChI=1S/C12H12BrCl2N5/c1-2-5-16-11-18-10(15)19-12(20-11)17-7-3-4-9(14)8(13)6-7/h3-4,6H,2,5H2,1H3,(H2,16,17,18,19,20). The lowest BCUT2D eigenvalue weighted by molar-refractivity contribution is 0.940. The molecule has 1 aromatic carbocycles. The van der Waals surface area contributed by atoms with Crippen LogP contribution in [0, 0.1) is 0 Å². The first-order valence-corrected chi connectivity index (χ1v) is 7.51. The number of rotatable bonds is 5. The quantitative estimate of drug-likeness (QED) is 0.803. The van der Waals surface area contributed by atoms with Gasteiger partial charge in [0.25, 0.3) is 0 Å². The van der Waals surface area contributed by atoms with Gasteiger partial charge in [0.1, 0.15) is 0 Å². The van der Waals surface area contributed by atoms with E-state index < -0.39 is 0 Å². The summed E-state index contributed by atoms with van der Waals surface area (Å²) < 4.78 is 0.786. The van der Waals surface area contributed by atoms with Crippen LogP contribution in [-0.2, 0) is 0 Å². The molecule has 0 saturated carbocycles. The van der Waals surface area contributed by atoms with E-state index in [1.165, 1.54) is 0 Å². The highest BCUT2D eigenvalue weighted by molar-refractivity contribution is 9.10. The van der Waals surface area contributed by atoms with Crippen molar-refractivity contribution in [3.63, 3.8) is 0 Å². The van der Waals surface area contributed by atoms with E-state index in [1.807, 2.05) is 12.1 Å². The Morgan fingerprint density at radius 1 is 1.15 bits per heavy atom. The summed E-state index contributed by atoms with van der Waals surface area (Å²) in [6.45, 7) is 2.83. The van der Waals surface area contributed by atoms with Crippen molar-refractivity contribution >= 4 is 56.7 Å². The van der Waals surface area contributed by atoms with E-state index in [4.69, 9.17) is 23.2 Å². The number of nitrogens with zero attached hydrogens (tertiary/aromatic N) is 3. The van der Waals surface area contributed by atoms with Gasteiger partial charge in [-0.3, -0.25) is 0 Å². The molecule has 1 heterocycles. The maximum Gasteiger partial charge on any atom is 0.233 e. The third-order valence-electron chi connectivity index (χ3n) is 2.32. The number of hydrogen-bond acceptors (Lipinski definition) is 5. The van der Waals surface area contributed by atoms with Gasteiger partial charge in [-0.2, -0.15) is 15.0 Å². The van der Waals surface area contributed by atoms with Crippen molar-refractivity contribution in [2.45, 2.75) is 13.3 Å². The van der Waals surface area contributed by atoms with Crippen molar-refractivity contribution in [1.82, 2.24) is 15.0 Å². The van der Waals surface area contributed by atoms with Crippen molar-refractivity contribution in [1.29, 1.82) is 0 Å². The average molecular weight is 377 g/mol. The van der Waals surface area contributed by atoms with Gasteiger partial charge in [-0.25, -0.2) is 0 Å². The summed E-state index contributed by atoms with van der Waals surface area (Å²) >= 11 is 15.2. The van der Waals surface area contributed by atoms with Crippen LogP contribution in [0.2, 0.25) is 10.3 Å². The smallest absolute Gasteiger partial charge is 0.233 e. The van der Waals surface area contributed by atoms with E-state index in [0.29, 0.717) is 16.9 Å². The van der Waals surface area contributed by atoms with Crippen LogP contribution in [0.3, 0.4) is 0 Å². The fraction of sp³-hybridized carbons (Fsp3) is 0.250. The Labute approximate surface area is 135 Å². The fourth-order valence-corrected chi connectivity index (χ4v) is 2.08. The normalized spacial score (nSPS) is 10.4. The lowest BCUT2D eigenvalue weighted by Crippen LogP contribution is -2.07. The highest BCUT2D eigenvalue weighted by atomic mass is 79.9. The van der Waals surface area contributed by atoms with Gasteiger partial charge in [-0.05, 0) is 52.2 Å². The number of anilines is 3. The molecule has 5 nitrogen and oxygen atoms in total. The molecule has 0 atom stereocenters. The maximum absolute atomic E-state index is 5.94. The molecule has 2 rings (SSSR count). The molecule has 0 aliphatic rings. The lowest BCUT2D eigenvalue weighted by Gasteiger charge is -2.08. The zero-order chi connectivity index (χ0) is 14.5. The van der Waals surface area contributed by atoms with Gasteiger partial charge in [0.15, 0.2) is 0 Å². The minimum absolute atomic E-state index is 0.133. The maximum atomic E-state index is 5.94. The van der Waals surface area contributed by atoms with Crippen LogP contribution in [-0.4, -0.2) is 21.5 Å². The van der Waals surface area contributed by atoms with Gasteiger partial charge in [0.2, 0.25) is 17.2 Å². The first kappa shape index (κ1) is 15.3. The summed E-state index contributed by atoms with van der Waals surface area (Å²) in [5, 5.41) is 6.89. The molecule has 0 saturated heterocycles. The Hall–Kier alpha value is -1.11. The summed E-state index contributed by atoms with van der Waals surface area (Å²) in [4.78, 5) is 12.3. The van der Waals surface area contributed by atoms with Crippen LogP contribution < -0.4 is 10.6 Å². The van der Waals surface area contributed by atoms with Crippen LogP contribution >= 0.6 is 39.1 Å². The van der Waals surface area contributed by atoms with Crippen molar-refractivity contribution < 1.29 is 0 Å². The Morgan fingerprint density at radius 2 is 1.90 bits per heavy atom. The second-order valence-electron chi connectivity index (χ2n) is 3.93. The Balaban J connectivity index is 2.19. The van der Waals surface area contributed by atoms with E-state index in [9.17, 15) is 0 Å². The van der Waals surface area contributed by atoms with Gasteiger partial charge in [0.05, 0.1) is 5.02 Å². The SMILES string of the molecule is CCCNc1nc(Cl)nc(Nc2ccc(Cl)c(Br)c2)n1. The molecule has 0 amide bonds. The molecule has 1 aromatic heterocycles. The molecule has 0 aliphatic carbocycles. The zero-order valence-corrected chi connectivity index (χ0v) is 13.7. The van der Waals surface area contributed by atoms with Crippen molar-refractivity contribution in [3.8, 4) is 0 Å². The zero-order valence-electron chi connectivity index (χ0n) is 10.6. The molecule has 0 fully saturated rings. The second kappa shape index (κ2) is 7.06. The molecular weight excluding hydrogens is 365 g/mol. The van der Waals surface area contributed by atoms with Crippen LogP contribution in [0.5, 0.6) is 0 Å². The van der Waals surface area contributed by atoms with Crippen molar-refractivity contribution in [2.75, 3.05) is 17.2 Å². The molecular formula is C12H12BrCl2N5. The predicted molar refractivity (Wildman–Crippen MR) is 86.1 cm³/mol. The van der Waals surface area contributed by atoms with E-state index in [1.54, 1.807) is 6.07 Å². The Morgan fingerprint density at radius 3 is 2.60 bits per heavy atom. The highest BCUT2D eigenvalue weighted by Crippen LogP contribution is 2.26. The highest BCUT2D eigenvalue weighted by Gasteiger charge is 2.06. The first-order chi connectivity index (χ1) is 9.58. The van der Waals surface area contributed by atoms with Crippen LogP contribution in [0.4, 0.5) is 17.6 Å². The fourth-order valence-electron chi connectivity index (χ4n) is 1.42. The largest absolute Gasteiger partial charge is 0.354 e. The van der Waals surface area contributed by atoms with Gasteiger partial charge < -0.3 is 10.6 Å². The van der Waals surface area contributed by atoms with Gasteiger partial charge in [-0.1, -0.05) is 18.5 Å². The summed E-state index contributed by atoms with van der Waals surface area (Å²) in [6, 6.07) is 5.43. The van der Waals surface area contributed by atoms with Gasteiger partial charge >= 0.3 is 0 Å². The second-order valence-corrected chi connectivity index (χ2v) is 5.53. The minimum Gasteiger partial charge on any atom is -0.354 e. The molecule has 2 N–H and O–H groups in total. The molecule has 0 radical (unpaired) electrons. The molecule has 8 heteroatoms. The Kier molecular flexibility index (Phi) is 5.39. The number of hydrogen-bond donors (Lipinski definition) is 2. The third kappa shape index (κ3) is 4.19. The molecule has 20 heavy (non-hydrogen) atoms. The van der Waals surface area contributed by atoms with Crippen LogP contribution in [0.1, 0.15) is 13.3 Å². The third-order valence-corrected chi connectivity index (χ3v) is 3.70. The first-order valence-electron chi connectivity index (χ1n) is 5.96. The Bertz CT molecular complexity index is 608. The summed E-state index contributed by atoms with van der Waals surface area (Å²) in [5.74, 6) is 0.820. The molecule has 0 bridgehead atoms. The summed E-state index contributed by atoms with van der Waals surface area (Å²) in [6.07, 6.45) is 0.968. The minimum atomic E-state index is 0.133. The number of halogens is 3. The molecule has 0 aliphatic heterocycles. The monoisotopic (exact) mass is 375 g/mol. The molecule has 106 valence electrons. The number of aromatic nitrogens is 3. The van der Waals surface area contributed by atoms with Crippen LogP contribution in [0.25, 0.3) is 0 Å².